The van der Waals surface area contributed by atoms with Gasteiger partial charge in [0.25, 0.3) is 0 Å². The summed E-state index contributed by atoms with van der Waals surface area (Å²) in [5, 5.41) is 7.46. The van der Waals surface area contributed by atoms with E-state index in [9.17, 15) is 0 Å². The van der Waals surface area contributed by atoms with Crippen molar-refractivity contribution in [2.75, 3.05) is 13.1 Å². The quantitative estimate of drug-likeness (QED) is 0.158. The van der Waals surface area contributed by atoms with Crippen LogP contribution in [0.2, 0.25) is 0 Å². The summed E-state index contributed by atoms with van der Waals surface area (Å²) in [7, 11) is 0. The van der Waals surface area contributed by atoms with Crippen molar-refractivity contribution in [2.24, 2.45) is 55.4 Å². The molecule has 9 N–H and O–H groups in total. The third-order valence-corrected chi connectivity index (χ3v) is 17.3. The molecule has 67 heavy (non-hydrogen) atoms. The molecule has 3 aromatic carbocycles. The van der Waals surface area contributed by atoms with E-state index >= 15 is 0 Å². The van der Waals surface area contributed by atoms with Crippen LogP contribution >= 0.6 is 0 Å². The molecule has 6 aliphatic carbocycles. The highest BCUT2D eigenvalue weighted by Crippen LogP contribution is 2.64. The summed E-state index contributed by atoms with van der Waals surface area (Å²) in [5.74, 6) is 0. The van der Waals surface area contributed by atoms with Crippen molar-refractivity contribution in [1.82, 2.24) is 0 Å². The molecular formula is C62H103N5. The zero-order chi connectivity index (χ0) is 50.9. The van der Waals surface area contributed by atoms with Crippen molar-refractivity contribution in [2.45, 2.75) is 217 Å². The zero-order valence-electron chi connectivity index (χ0n) is 46.3. The van der Waals surface area contributed by atoms with E-state index in [1.807, 2.05) is 19.1 Å². The maximum absolute atomic E-state index is 7.46. The first-order valence-electron chi connectivity index (χ1n) is 26.1. The summed E-state index contributed by atoms with van der Waals surface area (Å²) in [6, 6.07) is 25.3. The van der Waals surface area contributed by atoms with E-state index < -0.39 is 0 Å². The SMILES string of the molecule is C=C(N)Cc1ccc(C(C)(C)C)cc1.CC(=N)c1ccc(C(C)(C)C)cc1.CC(C)(C)C12CCC(CN)(CC1)CC2.CC(C)(C)C12CCC(CN)(CC1)CC2.CC(C)(C)c1ccc(CN)cc1. The van der Waals surface area contributed by atoms with Gasteiger partial charge in [-0.15, -0.1) is 0 Å². The van der Waals surface area contributed by atoms with Gasteiger partial charge in [-0.05, 0) is 179 Å². The molecule has 6 aliphatic rings. The number of hydrogen-bond donors (Lipinski definition) is 5. The number of allylic oxidation sites excluding steroid dienone is 1. The van der Waals surface area contributed by atoms with E-state index in [4.69, 9.17) is 28.3 Å². The Bertz CT molecular complexity index is 1880. The molecule has 9 rings (SSSR count). The maximum Gasteiger partial charge on any atom is 0.0355 e. The highest BCUT2D eigenvalue weighted by Gasteiger charge is 2.53. The first-order chi connectivity index (χ1) is 30.7. The molecule has 0 aliphatic heterocycles. The molecule has 0 aromatic heterocycles. The summed E-state index contributed by atoms with van der Waals surface area (Å²) in [6.07, 6.45) is 17.7. The Balaban J connectivity index is 0.000000222. The first-order valence-corrected chi connectivity index (χ1v) is 26.1. The standard InChI is InChI=1S/2C13H25N.C13H19N.C12H17N.C11H17N/c2*1-11(2,3)13-7-4-12(10-14,5-8-13)6-9-13;1-10(14)9-11-5-7-12(8-6-11)13(2,3)4;1-9(13)10-5-7-11(8-6-10)12(2,3)4;1-11(2,3)10-6-4-9(8-12)5-7-10/h2*4-10,14H2,1-3H3;5-8H,1,9,14H2,2-4H3;5-8,13H,1-4H3;4-7H,8,12H2,1-3H3. The van der Waals surface area contributed by atoms with Crippen molar-refractivity contribution in [3.8, 4) is 0 Å². The van der Waals surface area contributed by atoms with Crippen molar-refractivity contribution < 1.29 is 0 Å². The Labute approximate surface area is 413 Å². The van der Waals surface area contributed by atoms with Crippen LogP contribution in [0.1, 0.15) is 221 Å². The van der Waals surface area contributed by atoms with Gasteiger partial charge >= 0.3 is 0 Å². The molecule has 0 saturated heterocycles. The number of nitrogens with one attached hydrogen (secondary N) is 1. The predicted octanol–water partition coefficient (Wildman–Crippen LogP) is 15.5. The number of rotatable bonds is 6. The van der Waals surface area contributed by atoms with Crippen LogP contribution in [0.4, 0.5) is 0 Å². The number of hydrogen-bond acceptors (Lipinski definition) is 5. The molecule has 0 atom stereocenters. The first kappa shape index (κ1) is 58.1. The van der Waals surface area contributed by atoms with Gasteiger partial charge < -0.3 is 28.3 Å². The van der Waals surface area contributed by atoms with Gasteiger partial charge in [-0.3, -0.25) is 0 Å². The minimum Gasteiger partial charge on any atom is -0.402 e. The third-order valence-electron chi connectivity index (χ3n) is 17.3. The van der Waals surface area contributed by atoms with Gasteiger partial charge in [0.1, 0.15) is 0 Å². The van der Waals surface area contributed by atoms with Gasteiger partial charge in [-0.2, -0.15) is 0 Å². The van der Waals surface area contributed by atoms with Gasteiger partial charge in [0.05, 0.1) is 0 Å². The van der Waals surface area contributed by atoms with E-state index in [0.717, 1.165) is 25.1 Å². The highest BCUT2D eigenvalue weighted by molar-refractivity contribution is 5.96. The average Bonchev–Trinajstić information content (AvgIpc) is 3.27. The smallest absolute Gasteiger partial charge is 0.0355 e. The third kappa shape index (κ3) is 15.9. The Morgan fingerprint density at radius 3 is 0.940 bits per heavy atom. The van der Waals surface area contributed by atoms with Crippen LogP contribution < -0.4 is 22.9 Å². The molecule has 3 aromatic rings. The van der Waals surface area contributed by atoms with Crippen LogP contribution in [0.3, 0.4) is 0 Å². The fourth-order valence-corrected chi connectivity index (χ4v) is 11.1. The average molecular weight is 919 g/mol. The fourth-order valence-electron chi connectivity index (χ4n) is 11.1. The zero-order valence-corrected chi connectivity index (χ0v) is 46.3. The largest absolute Gasteiger partial charge is 0.402 e. The summed E-state index contributed by atoms with van der Waals surface area (Å²) in [5.41, 5.74) is 35.8. The van der Waals surface area contributed by atoms with Crippen molar-refractivity contribution >= 4 is 5.71 Å². The second-order valence-electron chi connectivity index (χ2n) is 26.9. The van der Waals surface area contributed by atoms with E-state index in [-0.39, 0.29) is 16.2 Å². The molecule has 376 valence electrons. The van der Waals surface area contributed by atoms with Crippen LogP contribution in [0.15, 0.2) is 85.1 Å². The van der Waals surface area contributed by atoms with Crippen LogP contribution in [0.25, 0.3) is 0 Å². The molecule has 4 bridgehead atoms. The summed E-state index contributed by atoms with van der Waals surface area (Å²) in [4.78, 5) is 0. The fraction of sp³-hybridized carbons (Fsp3) is 0.661. The minimum absolute atomic E-state index is 0.203. The highest BCUT2D eigenvalue weighted by atomic mass is 14.7. The Hall–Kier alpha value is -3.25. The maximum atomic E-state index is 7.46. The van der Waals surface area contributed by atoms with Gasteiger partial charge in [0, 0.05) is 24.4 Å². The van der Waals surface area contributed by atoms with Crippen LogP contribution in [-0.2, 0) is 29.2 Å². The number of benzene rings is 3. The lowest BCUT2D eigenvalue weighted by atomic mass is 9.47. The molecule has 5 nitrogen and oxygen atoms in total. The lowest BCUT2D eigenvalue weighted by Crippen LogP contribution is -2.50. The molecule has 0 heterocycles. The lowest BCUT2D eigenvalue weighted by Gasteiger charge is -2.58. The molecule has 6 fully saturated rings. The van der Waals surface area contributed by atoms with Gasteiger partial charge in [0.2, 0.25) is 0 Å². The summed E-state index contributed by atoms with van der Waals surface area (Å²) < 4.78 is 0. The van der Waals surface area contributed by atoms with Crippen LogP contribution in [0, 0.1) is 37.9 Å². The summed E-state index contributed by atoms with van der Waals surface area (Å²) in [6.45, 7) is 42.4. The van der Waals surface area contributed by atoms with Crippen LogP contribution in [0.5, 0.6) is 0 Å². The minimum atomic E-state index is 0.203. The lowest BCUT2D eigenvalue weighted by molar-refractivity contribution is -0.0727. The van der Waals surface area contributed by atoms with Gasteiger partial charge in [0.15, 0.2) is 0 Å². The topological polar surface area (TPSA) is 128 Å². The molecule has 0 spiro atoms. The van der Waals surface area contributed by atoms with E-state index in [0.29, 0.717) is 50.4 Å². The van der Waals surface area contributed by atoms with Crippen LogP contribution in [-0.4, -0.2) is 18.8 Å². The van der Waals surface area contributed by atoms with E-state index in [2.05, 4.69) is 171 Å². The molecule has 6 saturated carbocycles. The van der Waals surface area contributed by atoms with Crippen molar-refractivity contribution in [1.29, 1.82) is 5.41 Å². The molecule has 0 radical (unpaired) electrons. The predicted molar refractivity (Wildman–Crippen MR) is 295 cm³/mol. The summed E-state index contributed by atoms with van der Waals surface area (Å²) >= 11 is 0. The Morgan fingerprint density at radius 1 is 0.463 bits per heavy atom. The normalized spacial score (nSPS) is 24.6. The van der Waals surface area contributed by atoms with Gasteiger partial charge in [-0.25, -0.2) is 0 Å². The molecule has 0 unspecified atom stereocenters. The molecule has 0 amide bonds. The van der Waals surface area contributed by atoms with E-state index in [1.54, 1.807) is 0 Å². The molecular weight excluding hydrogens is 815 g/mol. The second-order valence-corrected chi connectivity index (χ2v) is 26.9. The second kappa shape index (κ2) is 22.7. The van der Waals surface area contributed by atoms with E-state index in [1.165, 1.54) is 105 Å². The number of nitrogens with two attached hydrogens (primary N) is 4. The number of fused-ring (bicyclic) bond motifs is 6. The Morgan fingerprint density at radius 2 is 0.731 bits per heavy atom. The van der Waals surface area contributed by atoms with Crippen molar-refractivity contribution in [3.05, 3.63) is 118 Å². The van der Waals surface area contributed by atoms with Gasteiger partial charge in [-0.1, -0.05) is 183 Å². The van der Waals surface area contributed by atoms with Crippen molar-refractivity contribution in [3.63, 3.8) is 0 Å². The molecule has 5 heteroatoms. The monoisotopic (exact) mass is 918 g/mol. The Kier molecular flexibility index (Phi) is 19.6.